The predicted molar refractivity (Wildman–Crippen MR) is 101 cm³/mol. The zero-order chi connectivity index (χ0) is 17.5. The van der Waals surface area contributed by atoms with Gasteiger partial charge in [-0.15, -0.1) is 0 Å². The molecule has 2 aromatic rings. The summed E-state index contributed by atoms with van der Waals surface area (Å²) in [5.41, 5.74) is 2.08. The maximum atomic E-state index is 12.5. The summed E-state index contributed by atoms with van der Waals surface area (Å²) < 4.78 is 6.11. The molecule has 1 saturated heterocycles. The SMILES string of the molecule is CCCc1ccccc1OCC1CCN(C(=O)c2ccccc2)CC1. The maximum Gasteiger partial charge on any atom is 0.253 e. The van der Waals surface area contributed by atoms with Crippen molar-refractivity contribution in [2.24, 2.45) is 5.92 Å². The molecule has 0 bridgehead atoms. The highest BCUT2D eigenvalue weighted by atomic mass is 16.5. The number of likely N-dealkylation sites (tertiary alicyclic amines) is 1. The van der Waals surface area contributed by atoms with Crippen LogP contribution in [-0.2, 0) is 6.42 Å². The van der Waals surface area contributed by atoms with Crippen LogP contribution >= 0.6 is 0 Å². The standard InChI is InChI=1S/C22H27NO2/c1-2-8-19-9-6-7-12-21(19)25-17-18-13-15-23(16-14-18)22(24)20-10-4-3-5-11-20/h3-7,9-12,18H,2,8,13-17H2,1H3. The van der Waals surface area contributed by atoms with Crippen LogP contribution in [0.3, 0.4) is 0 Å². The fourth-order valence-corrected chi connectivity index (χ4v) is 3.39. The number of hydrogen-bond acceptors (Lipinski definition) is 2. The molecular weight excluding hydrogens is 310 g/mol. The van der Waals surface area contributed by atoms with Gasteiger partial charge in [0, 0.05) is 18.7 Å². The summed E-state index contributed by atoms with van der Waals surface area (Å²) >= 11 is 0. The number of carbonyl (C=O) groups is 1. The fraction of sp³-hybridized carbons (Fsp3) is 0.409. The first-order chi connectivity index (χ1) is 12.3. The minimum Gasteiger partial charge on any atom is -0.493 e. The summed E-state index contributed by atoms with van der Waals surface area (Å²) in [6, 6.07) is 17.9. The van der Waals surface area contributed by atoms with Crippen LogP contribution in [0.5, 0.6) is 5.75 Å². The summed E-state index contributed by atoms with van der Waals surface area (Å²) in [6.07, 6.45) is 4.20. The van der Waals surface area contributed by atoms with E-state index in [-0.39, 0.29) is 5.91 Å². The Morgan fingerprint density at radius 3 is 2.44 bits per heavy atom. The molecule has 0 saturated carbocycles. The van der Waals surface area contributed by atoms with Crippen LogP contribution in [0.1, 0.15) is 42.1 Å². The summed E-state index contributed by atoms with van der Waals surface area (Å²) in [4.78, 5) is 14.5. The van der Waals surface area contributed by atoms with Crippen molar-refractivity contribution in [2.45, 2.75) is 32.6 Å². The zero-order valence-corrected chi connectivity index (χ0v) is 15.0. The number of aryl methyl sites for hydroxylation is 1. The first-order valence-corrected chi connectivity index (χ1v) is 9.33. The second kappa shape index (κ2) is 8.70. The molecule has 1 amide bonds. The Kier molecular flexibility index (Phi) is 6.10. The fourth-order valence-electron chi connectivity index (χ4n) is 3.39. The largest absolute Gasteiger partial charge is 0.493 e. The molecule has 0 spiro atoms. The van der Waals surface area contributed by atoms with E-state index in [0.29, 0.717) is 5.92 Å². The number of benzene rings is 2. The summed E-state index contributed by atoms with van der Waals surface area (Å²) in [6.45, 7) is 4.57. The molecule has 0 aromatic heterocycles. The maximum absolute atomic E-state index is 12.5. The molecule has 3 nitrogen and oxygen atoms in total. The minimum absolute atomic E-state index is 0.147. The second-order valence-corrected chi connectivity index (χ2v) is 6.77. The monoisotopic (exact) mass is 337 g/mol. The lowest BCUT2D eigenvalue weighted by Gasteiger charge is -2.32. The Hall–Kier alpha value is -2.29. The van der Waals surface area contributed by atoms with Crippen molar-refractivity contribution in [1.82, 2.24) is 4.90 Å². The van der Waals surface area contributed by atoms with E-state index in [4.69, 9.17) is 4.74 Å². The first kappa shape index (κ1) is 17.5. The van der Waals surface area contributed by atoms with Crippen LogP contribution < -0.4 is 4.74 Å². The highest BCUT2D eigenvalue weighted by Crippen LogP contribution is 2.24. The molecule has 1 fully saturated rings. The van der Waals surface area contributed by atoms with Crippen LogP contribution in [0.2, 0.25) is 0 Å². The summed E-state index contributed by atoms with van der Waals surface area (Å²) in [5.74, 6) is 1.69. The molecule has 0 unspecified atom stereocenters. The van der Waals surface area contributed by atoms with Crippen LogP contribution in [-0.4, -0.2) is 30.5 Å². The van der Waals surface area contributed by atoms with E-state index in [1.807, 2.05) is 41.3 Å². The average molecular weight is 337 g/mol. The Labute approximate surface area is 150 Å². The number of carbonyl (C=O) groups excluding carboxylic acids is 1. The van der Waals surface area contributed by atoms with Crippen molar-refractivity contribution in [2.75, 3.05) is 19.7 Å². The van der Waals surface area contributed by atoms with Gasteiger partial charge in [0.25, 0.3) is 5.91 Å². The smallest absolute Gasteiger partial charge is 0.253 e. The lowest BCUT2D eigenvalue weighted by Crippen LogP contribution is -2.39. The Bertz CT molecular complexity index is 675. The van der Waals surface area contributed by atoms with Crippen LogP contribution in [0.25, 0.3) is 0 Å². The number of piperidine rings is 1. The first-order valence-electron chi connectivity index (χ1n) is 9.33. The molecule has 1 aliphatic rings. The Balaban J connectivity index is 1.49. The van der Waals surface area contributed by atoms with Gasteiger partial charge in [-0.2, -0.15) is 0 Å². The lowest BCUT2D eigenvalue weighted by atomic mass is 9.97. The third-order valence-corrected chi connectivity index (χ3v) is 4.89. The van der Waals surface area contributed by atoms with Gasteiger partial charge < -0.3 is 9.64 Å². The second-order valence-electron chi connectivity index (χ2n) is 6.77. The van der Waals surface area contributed by atoms with Crippen LogP contribution in [0.15, 0.2) is 54.6 Å². The number of ether oxygens (including phenoxy) is 1. The van der Waals surface area contributed by atoms with Gasteiger partial charge in [0.2, 0.25) is 0 Å². The minimum atomic E-state index is 0.147. The highest BCUT2D eigenvalue weighted by molar-refractivity contribution is 5.94. The van der Waals surface area contributed by atoms with Crippen molar-refractivity contribution in [3.05, 3.63) is 65.7 Å². The van der Waals surface area contributed by atoms with Gasteiger partial charge in [-0.1, -0.05) is 49.7 Å². The van der Waals surface area contributed by atoms with Gasteiger partial charge in [-0.05, 0) is 48.9 Å². The van der Waals surface area contributed by atoms with Gasteiger partial charge in [0.15, 0.2) is 0 Å². The molecule has 1 aliphatic heterocycles. The molecule has 0 N–H and O–H groups in total. The van der Waals surface area contributed by atoms with Gasteiger partial charge in [-0.3, -0.25) is 4.79 Å². The van der Waals surface area contributed by atoms with Gasteiger partial charge in [0.05, 0.1) is 6.61 Å². The van der Waals surface area contributed by atoms with Gasteiger partial charge in [0.1, 0.15) is 5.75 Å². The zero-order valence-electron chi connectivity index (χ0n) is 15.0. The third kappa shape index (κ3) is 4.62. The molecule has 132 valence electrons. The van der Waals surface area contributed by atoms with E-state index >= 15 is 0 Å². The van der Waals surface area contributed by atoms with Gasteiger partial charge >= 0.3 is 0 Å². The molecular formula is C22H27NO2. The van der Waals surface area contributed by atoms with E-state index in [1.165, 1.54) is 5.56 Å². The molecule has 0 radical (unpaired) electrons. The normalized spacial score (nSPS) is 15.2. The summed E-state index contributed by atoms with van der Waals surface area (Å²) in [5, 5.41) is 0. The molecule has 25 heavy (non-hydrogen) atoms. The lowest BCUT2D eigenvalue weighted by molar-refractivity contribution is 0.0661. The van der Waals surface area contributed by atoms with Crippen LogP contribution in [0, 0.1) is 5.92 Å². The third-order valence-electron chi connectivity index (χ3n) is 4.89. The molecule has 3 heteroatoms. The van der Waals surface area contributed by atoms with E-state index in [9.17, 15) is 4.79 Å². The molecule has 2 aromatic carbocycles. The topological polar surface area (TPSA) is 29.5 Å². The average Bonchev–Trinajstić information content (AvgIpc) is 2.68. The van der Waals surface area contributed by atoms with E-state index in [2.05, 4.69) is 25.1 Å². The number of para-hydroxylation sites is 1. The van der Waals surface area contributed by atoms with Crippen molar-refractivity contribution in [3.63, 3.8) is 0 Å². The van der Waals surface area contributed by atoms with Crippen LogP contribution in [0.4, 0.5) is 0 Å². The summed E-state index contributed by atoms with van der Waals surface area (Å²) in [7, 11) is 0. The van der Waals surface area contributed by atoms with Crippen molar-refractivity contribution >= 4 is 5.91 Å². The van der Waals surface area contributed by atoms with Crippen molar-refractivity contribution < 1.29 is 9.53 Å². The van der Waals surface area contributed by atoms with E-state index < -0.39 is 0 Å². The predicted octanol–water partition coefficient (Wildman–Crippen LogP) is 4.57. The molecule has 0 atom stereocenters. The number of amides is 1. The Morgan fingerprint density at radius 1 is 1.04 bits per heavy atom. The molecule has 3 rings (SSSR count). The van der Waals surface area contributed by atoms with E-state index in [1.54, 1.807) is 0 Å². The van der Waals surface area contributed by atoms with Crippen molar-refractivity contribution in [3.8, 4) is 5.75 Å². The van der Waals surface area contributed by atoms with E-state index in [0.717, 1.165) is 56.7 Å². The molecule has 1 heterocycles. The number of hydrogen-bond donors (Lipinski definition) is 0. The number of nitrogens with zero attached hydrogens (tertiary/aromatic N) is 1. The van der Waals surface area contributed by atoms with Crippen molar-refractivity contribution in [1.29, 1.82) is 0 Å². The van der Waals surface area contributed by atoms with Gasteiger partial charge in [-0.25, -0.2) is 0 Å². The number of rotatable bonds is 6. The molecule has 0 aliphatic carbocycles. The highest BCUT2D eigenvalue weighted by Gasteiger charge is 2.24. The Morgan fingerprint density at radius 2 is 1.72 bits per heavy atom. The quantitative estimate of drug-likeness (QED) is 0.773.